The lowest BCUT2D eigenvalue weighted by Gasteiger charge is -2.09. The van der Waals surface area contributed by atoms with Crippen LogP contribution in [0.3, 0.4) is 0 Å². The highest BCUT2D eigenvalue weighted by atomic mass is 16.5. The van der Waals surface area contributed by atoms with Crippen molar-refractivity contribution in [1.82, 2.24) is 0 Å². The first-order valence-corrected chi connectivity index (χ1v) is 6.27. The molecule has 2 aromatic carbocycles. The molecule has 0 spiro atoms. The van der Waals surface area contributed by atoms with E-state index in [1.165, 1.54) is 13.2 Å². The van der Waals surface area contributed by atoms with Gasteiger partial charge >= 0.3 is 5.97 Å². The minimum atomic E-state index is -0.408. The first-order chi connectivity index (χ1) is 9.61. The summed E-state index contributed by atoms with van der Waals surface area (Å²) in [5.41, 5.74) is 3.54. The molecule has 2 rings (SSSR count). The van der Waals surface area contributed by atoms with Crippen molar-refractivity contribution in [2.24, 2.45) is 0 Å². The fourth-order valence-electron chi connectivity index (χ4n) is 1.99. The van der Waals surface area contributed by atoms with Crippen LogP contribution in [0.15, 0.2) is 48.5 Å². The summed E-state index contributed by atoms with van der Waals surface area (Å²) >= 11 is 0. The third-order valence-electron chi connectivity index (χ3n) is 3.00. The molecule has 3 heteroatoms. The fourth-order valence-corrected chi connectivity index (χ4v) is 1.99. The molecule has 0 saturated carbocycles. The Hall–Kier alpha value is -2.55. The van der Waals surface area contributed by atoms with Crippen LogP contribution in [0.25, 0.3) is 17.2 Å². The van der Waals surface area contributed by atoms with Crippen LogP contribution in [0.1, 0.15) is 11.1 Å². The van der Waals surface area contributed by atoms with E-state index in [-0.39, 0.29) is 5.75 Å². The SMILES string of the molecule is COC(=O)/C=C/c1cc(C)ccc1-c1ccccc1O. The van der Waals surface area contributed by atoms with Crippen LogP contribution < -0.4 is 0 Å². The molecule has 0 aliphatic heterocycles. The van der Waals surface area contributed by atoms with Gasteiger partial charge in [-0.1, -0.05) is 42.0 Å². The van der Waals surface area contributed by atoms with Gasteiger partial charge in [-0.05, 0) is 30.2 Å². The van der Waals surface area contributed by atoms with E-state index in [9.17, 15) is 9.90 Å². The van der Waals surface area contributed by atoms with E-state index in [1.54, 1.807) is 18.2 Å². The highest BCUT2D eigenvalue weighted by molar-refractivity contribution is 5.89. The number of esters is 1. The van der Waals surface area contributed by atoms with E-state index in [0.717, 1.165) is 22.3 Å². The number of para-hydroxylation sites is 1. The number of carbonyl (C=O) groups excluding carboxylic acids is 1. The number of methoxy groups -OCH3 is 1. The molecule has 0 aliphatic rings. The van der Waals surface area contributed by atoms with Gasteiger partial charge < -0.3 is 9.84 Å². The second-order valence-corrected chi connectivity index (χ2v) is 4.46. The first kappa shape index (κ1) is 13.9. The van der Waals surface area contributed by atoms with E-state index in [1.807, 2.05) is 37.3 Å². The van der Waals surface area contributed by atoms with E-state index in [0.29, 0.717) is 0 Å². The molecule has 0 heterocycles. The Kier molecular flexibility index (Phi) is 4.20. The highest BCUT2D eigenvalue weighted by Gasteiger charge is 2.07. The van der Waals surface area contributed by atoms with Gasteiger partial charge in [-0.25, -0.2) is 4.79 Å². The maximum Gasteiger partial charge on any atom is 0.330 e. The maximum absolute atomic E-state index is 11.2. The number of aromatic hydroxyl groups is 1. The first-order valence-electron chi connectivity index (χ1n) is 6.27. The lowest BCUT2D eigenvalue weighted by molar-refractivity contribution is -0.134. The topological polar surface area (TPSA) is 46.5 Å². The van der Waals surface area contributed by atoms with Gasteiger partial charge in [0.05, 0.1) is 7.11 Å². The molecule has 0 fully saturated rings. The Bertz CT molecular complexity index is 657. The lowest BCUT2D eigenvalue weighted by Crippen LogP contribution is -1.94. The number of aryl methyl sites for hydroxylation is 1. The van der Waals surface area contributed by atoms with Gasteiger partial charge in [0.25, 0.3) is 0 Å². The van der Waals surface area contributed by atoms with Gasteiger partial charge in [-0.3, -0.25) is 0 Å². The third kappa shape index (κ3) is 3.06. The summed E-state index contributed by atoms with van der Waals surface area (Å²) in [5, 5.41) is 9.97. The van der Waals surface area contributed by atoms with Crippen LogP contribution in [0.5, 0.6) is 5.75 Å². The number of hydrogen-bond donors (Lipinski definition) is 1. The molecule has 0 aliphatic carbocycles. The van der Waals surface area contributed by atoms with Crippen molar-refractivity contribution in [3.63, 3.8) is 0 Å². The predicted molar refractivity (Wildman–Crippen MR) is 79.3 cm³/mol. The van der Waals surface area contributed by atoms with Crippen LogP contribution >= 0.6 is 0 Å². The number of benzene rings is 2. The predicted octanol–water partition coefficient (Wildman–Crippen LogP) is 3.55. The molecule has 0 atom stereocenters. The minimum Gasteiger partial charge on any atom is -0.507 e. The van der Waals surface area contributed by atoms with Crippen molar-refractivity contribution >= 4 is 12.0 Å². The van der Waals surface area contributed by atoms with Crippen molar-refractivity contribution in [1.29, 1.82) is 0 Å². The zero-order valence-corrected chi connectivity index (χ0v) is 11.5. The highest BCUT2D eigenvalue weighted by Crippen LogP contribution is 2.32. The normalized spacial score (nSPS) is 10.7. The summed E-state index contributed by atoms with van der Waals surface area (Å²) in [4.78, 5) is 11.2. The number of carbonyl (C=O) groups is 1. The zero-order chi connectivity index (χ0) is 14.5. The lowest BCUT2D eigenvalue weighted by atomic mass is 9.97. The summed E-state index contributed by atoms with van der Waals surface area (Å²) in [7, 11) is 1.34. The molecule has 0 unspecified atom stereocenters. The maximum atomic E-state index is 11.2. The van der Waals surface area contributed by atoms with Crippen LogP contribution in [0.4, 0.5) is 0 Å². The summed E-state index contributed by atoms with van der Waals surface area (Å²) in [6, 6.07) is 13.0. The molecule has 0 amide bonds. The Morgan fingerprint density at radius 3 is 2.60 bits per heavy atom. The van der Waals surface area contributed by atoms with Crippen molar-refractivity contribution in [3.05, 3.63) is 59.7 Å². The van der Waals surface area contributed by atoms with Gasteiger partial charge in [-0.15, -0.1) is 0 Å². The van der Waals surface area contributed by atoms with Crippen LogP contribution in [-0.2, 0) is 9.53 Å². The van der Waals surface area contributed by atoms with Gasteiger partial charge in [0.15, 0.2) is 0 Å². The smallest absolute Gasteiger partial charge is 0.330 e. The molecule has 20 heavy (non-hydrogen) atoms. The summed E-state index contributed by atoms with van der Waals surface area (Å²) in [6.45, 7) is 1.98. The van der Waals surface area contributed by atoms with Crippen molar-refractivity contribution in [2.45, 2.75) is 6.92 Å². The van der Waals surface area contributed by atoms with Crippen LogP contribution in [-0.4, -0.2) is 18.2 Å². The monoisotopic (exact) mass is 268 g/mol. The molecule has 102 valence electrons. The average Bonchev–Trinajstić information content (AvgIpc) is 2.46. The second kappa shape index (κ2) is 6.06. The molecule has 2 aromatic rings. The van der Waals surface area contributed by atoms with E-state index in [4.69, 9.17) is 0 Å². The summed E-state index contributed by atoms with van der Waals surface area (Å²) < 4.78 is 4.60. The van der Waals surface area contributed by atoms with E-state index in [2.05, 4.69) is 4.74 Å². The number of ether oxygens (including phenoxy) is 1. The summed E-state index contributed by atoms with van der Waals surface area (Å²) in [5.74, 6) is -0.196. The zero-order valence-electron chi connectivity index (χ0n) is 11.5. The second-order valence-electron chi connectivity index (χ2n) is 4.46. The molecular formula is C17H16O3. The van der Waals surface area contributed by atoms with E-state index >= 15 is 0 Å². The van der Waals surface area contributed by atoms with Crippen LogP contribution in [0.2, 0.25) is 0 Å². The van der Waals surface area contributed by atoms with Crippen molar-refractivity contribution in [3.8, 4) is 16.9 Å². The molecule has 0 radical (unpaired) electrons. The molecule has 3 nitrogen and oxygen atoms in total. The minimum absolute atomic E-state index is 0.212. The van der Waals surface area contributed by atoms with Crippen molar-refractivity contribution < 1.29 is 14.6 Å². The Labute approximate surface area is 118 Å². The molecule has 0 saturated heterocycles. The quantitative estimate of drug-likeness (QED) is 0.684. The molecule has 0 bridgehead atoms. The molecule has 1 N–H and O–H groups in total. The standard InChI is InChI=1S/C17H16O3/c1-12-7-9-14(15-5-3-4-6-16(15)18)13(11-12)8-10-17(19)20-2/h3-11,18H,1-2H3/b10-8+. The summed E-state index contributed by atoms with van der Waals surface area (Å²) in [6.07, 6.45) is 3.07. The van der Waals surface area contributed by atoms with E-state index < -0.39 is 5.97 Å². The number of rotatable bonds is 3. The Morgan fingerprint density at radius 1 is 1.15 bits per heavy atom. The molecule has 0 aromatic heterocycles. The fraction of sp³-hybridized carbons (Fsp3) is 0.118. The average molecular weight is 268 g/mol. The van der Waals surface area contributed by atoms with Gasteiger partial charge in [0.1, 0.15) is 5.75 Å². The van der Waals surface area contributed by atoms with Gasteiger partial charge in [0.2, 0.25) is 0 Å². The number of phenols is 1. The Morgan fingerprint density at radius 2 is 1.90 bits per heavy atom. The largest absolute Gasteiger partial charge is 0.507 e. The number of hydrogen-bond acceptors (Lipinski definition) is 3. The number of phenolic OH excluding ortho intramolecular Hbond substituents is 1. The molecular weight excluding hydrogens is 252 g/mol. The Balaban J connectivity index is 2.51. The third-order valence-corrected chi connectivity index (χ3v) is 3.00. The van der Waals surface area contributed by atoms with Gasteiger partial charge in [-0.2, -0.15) is 0 Å². The van der Waals surface area contributed by atoms with Gasteiger partial charge in [0, 0.05) is 11.6 Å². The van der Waals surface area contributed by atoms with Crippen molar-refractivity contribution in [2.75, 3.05) is 7.11 Å². The van der Waals surface area contributed by atoms with Crippen LogP contribution in [0, 0.1) is 6.92 Å².